The number of aromatic nitrogens is 1. The highest BCUT2D eigenvalue weighted by molar-refractivity contribution is 7.16. The summed E-state index contributed by atoms with van der Waals surface area (Å²) in [6, 6.07) is 14.0. The average molecular weight is 354 g/mol. The molecular weight excluding hydrogens is 339 g/mol. The molecule has 4 nitrogen and oxygen atoms in total. The lowest BCUT2D eigenvalue weighted by atomic mass is 10.3. The molecule has 0 aliphatic heterocycles. The molecule has 0 saturated carbocycles. The fraction of sp³-hybridized carbons (Fsp3) is 0.158. The number of ether oxygens (including phenoxy) is 1. The second kappa shape index (κ2) is 7.77. The number of rotatable bonds is 5. The number of thiazole rings is 1. The zero-order valence-electron chi connectivity index (χ0n) is 13.3. The van der Waals surface area contributed by atoms with Crippen LogP contribution in [0.25, 0.3) is 10.2 Å². The maximum atomic E-state index is 14.1. The molecule has 126 valence electrons. The second-order valence-corrected chi connectivity index (χ2v) is 6.19. The Morgan fingerprint density at radius 1 is 1.24 bits per heavy atom. The fourth-order valence-electron chi connectivity index (χ4n) is 2.35. The Morgan fingerprint density at radius 3 is 2.80 bits per heavy atom. The molecule has 3 aromatic rings. The lowest BCUT2D eigenvalue weighted by Crippen LogP contribution is -2.17. The highest BCUT2D eigenvalue weighted by Gasteiger charge is 2.11. The van der Waals surface area contributed by atoms with E-state index in [1.807, 2.05) is 30.3 Å². The number of carbonyl (C=O) groups excluding carboxylic acids is 1. The van der Waals surface area contributed by atoms with E-state index in [0.717, 1.165) is 0 Å². The molecule has 0 aliphatic rings. The summed E-state index contributed by atoms with van der Waals surface area (Å²) in [5.74, 6) is 2.45. The van der Waals surface area contributed by atoms with Crippen molar-refractivity contribution in [3.05, 3.63) is 59.1 Å². The van der Waals surface area contributed by atoms with Crippen LogP contribution >= 0.6 is 11.3 Å². The van der Waals surface area contributed by atoms with E-state index in [1.165, 1.54) is 17.4 Å². The van der Waals surface area contributed by atoms with Gasteiger partial charge in [-0.2, -0.15) is 4.99 Å². The highest BCUT2D eigenvalue weighted by Crippen LogP contribution is 2.20. The second-order valence-electron chi connectivity index (χ2n) is 5.18. The van der Waals surface area contributed by atoms with Gasteiger partial charge in [-0.15, -0.1) is 6.42 Å². The predicted octanol–water partition coefficient (Wildman–Crippen LogP) is 3.37. The minimum Gasteiger partial charge on any atom is -0.493 e. The van der Waals surface area contributed by atoms with Crippen LogP contribution in [-0.2, 0) is 11.3 Å². The average Bonchev–Trinajstić information content (AvgIpc) is 2.95. The molecule has 0 saturated heterocycles. The Labute approximate surface area is 148 Å². The van der Waals surface area contributed by atoms with Crippen molar-refractivity contribution in [2.45, 2.75) is 13.0 Å². The Bertz CT molecular complexity index is 1000. The lowest BCUT2D eigenvalue weighted by molar-refractivity contribution is -0.118. The van der Waals surface area contributed by atoms with E-state index >= 15 is 0 Å². The number of nitrogens with zero attached hydrogens (tertiary/aromatic N) is 2. The molecule has 1 aromatic heterocycles. The van der Waals surface area contributed by atoms with Gasteiger partial charge in [-0.25, -0.2) is 4.39 Å². The number of hydrogen-bond donors (Lipinski definition) is 0. The number of hydrogen-bond acceptors (Lipinski definition) is 3. The van der Waals surface area contributed by atoms with Gasteiger partial charge in [0, 0.05) is 0 Å². The molecule has 0 N–H and O–H groups in total. The summed E-state index contributed by atoms with van der Waals surface area (Å²) < 4.78 is 21.8. The summed E-state index contributed by atoms with van der Waals surface area (Å²) in [7, 11) is 0. The third-order valence-corrected chi connectivity index (χ3v) is 4.49. The number of halogens is 1. The van der Waals surface area contributed by atoms with E-state index in [0.29, 0.717) is 20.8 Å². The maximum Gasteiger partial charge on any atom is 0.251 e. The van der Waals surface area contributed by atoms with Gasteiger partial charge in [0.2, 0.25) is 0 Å². The van der Waals surface area contributed by atoms with E-state index in [-0.39, 0.29) is 31.3 Å². The van der Waals surface area contributed by atoms with Crippen molar-refractivity contribution in [1.29, 1.82) is 0 Å². The SMILES string of the molecule is C#CCn1c(=NC(=O)CCOc2ccccc2)sc2cccc(F)c21. The van der Waals surface area contributed by atoms with Crippen LogP contribution in [0.2, 0.25) is 0 Å². The molecule has 1 heterocycles. The Balaban J connectivity index is 1.80. The standard InChI is InChI=1S/C19H15FN2O2S/c1-2-12-22-18-15(20)9-6-10-16(18)25-19(22)21-17(23)11-13-24-14-7-4-3-5-8-14/h1,3-10H,11-13H2. The Morgan fingerprint density at radius 2 is 2.04 bits per heavy atom. The molecule has 0 atom stereocenters. The van der Waals surface area contributed by atoms with Crippen LogP contribution in [-0.4, -0.2) is 17.1 Å². The first-order valence-electron chi connectivity index (χ1n) is 7.66. The van der Waals surface area contributed by atoms with Crippen molar-refractivity contribution in [2.24, 2.45) is 4.99 Å². The molecule has 0 aliphatic carbocycles. The molecule has 25 heavy (non-hydrogen) atoms. The first kappa shape index (κ1) is 16.9. The van der Waals surface area contributed by atoms with Crippen LogP contribution in [0.3, 0.4) is 0 Å². The smallest absolute Gasteiger partial charge is 0.251 e. The summed E-state index contributed by atoms with van der Waals surface area (Å²) in [5, 5.41) is 0. The normalized spacial score (nSPS) is 11.4. The van der Waals surface area contributed by atoms with Crippen LogP contribution in [0.15, 0.2) is 53.5 Å². The van der Waals surface area contributed by atoms with Crippen molar-refractivity contribution >= 4 is 27.5 Å². The summed E-state index contributed by atoms with van der Waals surface area (Å²) in [6.45, 7) is 0.369. The van der Waals surface area contributed by atoms with Crippen LogP contribution in [0.4, 0.5) is 4.39 Å². The van der Waals surface area contributed by atoms with E-state index in [9.17, 15) is 9.18 Å². The minimum atomic E-state index is -0.384. The van der Waals surface area contributed by atoms with Gasteiger partial charge in [0.25, 0.3) is 5.91 Å². The Hall–Kier alpha value is -2.91. The van der Waals surface area contributed by atoms with Gasteiger partial charge in [0.15, 0.2) is 4.80 Å². The molecule has 3 rings (SSSR count). The molecule has 2 aromatic carbocycles. The van der Waals surface area contributed by atoms with E-state index < -0.39 is 0 Å². The van der Waals surface area contributed by atoms with Gasteiger partial charge in [0.05, 0.1) is 29.8 Å². The number of amides is 1. The van der Waals surface area contributed by atoms with Gasteiger partial charge in [-0.1, -0.05) is 41.5 Å². The van der Waals surface area contributed by atoms with Crippen molar-refractivity contribution in [2.75, 3.05) is 6.61 Å². The van der Waals surface area contributed by atoms with E-state index in [2.05, 4.69) is 10.9 Å². The molecule has 0 unspecified atom stereocenters. The lowest BCUT2D eigenvalue weighted by Gasteiger charge is -2.03. The first-order valence-corrected chi connectivity index (χ1v) is 8.47. The van der Waals surface area contributed by atoms with Gasteiger partial charge >= 0.3 is 0 Å². The molecule has 0 bridgehead atoms. The Kier molecular flexibility index (Phi) is 5.26. The van der Waals surface area contributed by atoms with E-state index in [4.69, 9.17) is 11.2 Å². The van der Waals surface area contributed by atoms with Gasteiger partial charge in [-0.3, -0.25) is 4.79 Å². The third-order valence-electron chi connectivity index (χ3n) is 3.45. The number of fused-ring (bicyclic) bond motifs is 1. The van der Waals surface area contributed by atoms with Crippen LogP contribution in [0, 0.1) is 18.2 Å². The number of para-hydroxylation sites is 2. The molecule has 1 amide bonds. The van der Waals surface area contributed by atoms with Crippen molar-refractivity contribution in [1.82, 2.24) is 4.57 Å². The third kappa shape index (κ3) is 3.95. The summed E-state index contributed by atoms with van der Waals surface area (Å²) >= 11 is 1.24. The quantitative estimate of drug-likeness (QED) is 0.660. The minimum absolute atomic E-state index is 0.127. The van der Waals surface area contributed by atoms with Gasteiger partial charge in [-0.05, 0) is 24.3 Å². The monoisotopic (exact) mass is 354 g/mol. The van der Waals surface area contributed by atoms with Crippen molar-refractivity contribution < 1.29 is 13.9 Å². The molecular formula is C19H15FN2O2S. The largest absolute Gasteiger partial charge is 0.493 e. The number of terminal acetylenes is 1. The zero-order chi connectivity index (χ0) is 17.6. The van der Waals surface area contributed by atoms with Crippen molar-refractivity contribution in [3.63, 3.8) is 0 Å². The summed E-state index contributed by atoms with van der Waals surface area (Å²) in [5.41, 5.74) is 0.373. The summed E-state index contributed by atoms with van der Waals surface area (Å²) in [6.07, 6.45) is 5.50. The molecule has 0 spiro atoms. The molecule has 0 radical (unpaired) electrons. The predicted molar refractivity (Wildman–Crippen MR) is 95.7 cm³/mol. The zero-order valence-corrected chi connectivity index (χ0v) is 14.1. The number of carbonyl (C=O) groups is 1. The summed E-state index contributed by atoms with van der Waals surface area (Å²) in [4.78, 5) is 16.6. The van der Waals surface area contributed by atoms with Crippen LogP contribution in [0.1, 0.15) is 6.42 Å². The topological polar surface area (TPSA) is 43.6 Å². The fourth-order valence-corrected chi connectivity index (χ4v) is 3.41. The van der Waals surface area contributed by atoms with E-state index in [1.54, 1.807) is 16.7 Å². The van der Waals surface area contributed by atoms with Gasteiger partial charge < -0.3 is 9.30 Å². The molecule has 0 fully saturated rings. The first-order chi connectivity index (χ1) is 12.2. The van der Waals surface area contributed by atoms with Crippen LogP contribution in [0.5, 0.6) is 5.75 Å². The highest BCUT2D eigenvalue weighted by atomic mass is 32.1. The van der Waals surface area contributed by atoms with Crippen LogP contribution < -0.4 is 9.54 Å². The van der Waals surface area contributed by atoms with Gasteiger partial charge in [0.1, 0.15) is 11.6 Å². The van der Waals surface area contributed by atoms with Crippen molar-refractivity contribution in [3.8, 4) is 18.1 Å². The maximum absolute atomic E-state index is 14.1. The molecule has 6 heteroatoms. The number of benzene rings is 2.